The number of aromatic nitrogens is 2. The Morgan fingerprint density at radius 3 is 2.76 bits per heavy atom. The molecule has 3 aromatic rings. The molecule has 0 saturated carbocycles. The van der Waals surface area contributed by atoms with Crippen LogP contribution < -0.4 is 5.32 Å². The molecule has 2 aromatic carbocycles. The van der Waals surface area contributed by atoms with Gasteiger partial charge in [0.1, 0.15) is 11.6 Å². The lowest BCUT2D eigenvalue weighted by Gasteiger charge is -1.98. The molecule has 0 aliphatic heterocycles. The SMILES string of the molecule is O=C(C=Cc1ccc([N+](=O)[O-])cc1)NCc1nc2ccc(F)cc2[nH]1. The average Bonchev–Trinajstić information content (AvgIpc) is 3.00. The molecule has 0 aliphatic rings. The third kappa shape index (κ3) is 4.05. The third-order valence-electron chi connectivity index (χ3n) is 3.45. The molecule has 2 N–H and O–H groups in total. The second-order valence-electron chi connectivity index (χ2n) is 5.24. The second kappa shape index (κ2) is 6.91. The second-order valence-corrected chi connectivity index (χ2v) is 5.24. The molecule has 8 heteroatoms. The number of hydrogen-bond acceptors (Lipinski definition) is 4. The van der Waals surface area contributed by atoms with Crippen LogP contribution in [-0.4, -0.2) is 20.8 Å². The van der Waals surface area contributed by atoms with E-state index in [0.717, 1.165) is 0 Å². The maximum absolute atomic E-state index is 13.1. The summed E-state index contributed by atoms with van der Waals surface area (Å²) in [6, 6.07) is 10.0. The number of rotatable bonds is 5. The van der Waals surface area contributed by atoms with Crippen molar-refractivity contribution in [1.82, 2.24) is 15.3 Å². The Kier molecular flexibility index (Phi) is 4.51. The zero-order chi connectivity index (χ0) is 17.8. The molecule has 126 valence electrons. The van der Waals surface area contributed by atoms with Gasteiger partial charge in [0.2, 0.25) is 5.91 Å². The van der Waals surface area contributed by atoms with Gasteiger partial charge in [0.25, 0.3) is 5.69 Å². The number of nitro benzene ring substituents is 1. The van der Waals surface area contributed by atoms with Gasteiger partial charge in [-0.3, -0.25) is 14.9 Å². The first kappa shape index (κ1) is 16.3. The molecule has 0 spiro atoms. The number of amides is 1. The van der Waals surface area contributed by atoms with E-state index in [9.17, 15) is 19.3 Å². The van der Waals surface area contributed by atoms with Crippen LogP contribution >= 0.6 is 0 Å². The molecule has 0 bridgehead atoms. The minimum atomic E-state index is -0.487. The standard InChI is InChI=1S/C17H13FN4O3/c18-12-4-7-14-15(9-12)21-16(20-14)10-19-17(23)8-3-11-1-5-13(6-2-11)22(24)25/h1-9H,10H2,(H,19,23)(H,20,21). The normalized spacial score (nSPS) is 11.1. The molecule has 0 fully saturated rings. The Morgan fingerprint density at radius 2 is 2.04 bits per heavy atom. The number of non-ortho nitro benzene ring substituents is 1. The number of carbonyl (C=O) groups is 1. The number of imidazole rings is 1. The summed E-state index contributed by atoms with van der Waals surface area (Å²) >= 11 is 0. The summed E-state index contributed by atoms with van der Waals surface area (Å²) in [4.78, 5) is 29.1. The fraction of sp³-hybridized carbons (Fsp3) is 0.0588. The summed E-state index contributed by atoms with van der Waals surface area (Å²) in [7, 11) is 0. The van der Waals surface area contributed by atoms with Crippen molar-refractivity contribution < 1.29 is 14.1 Å². The lowest BCUT2D eigenvalue weighted by atomic mass is 10.2. The number of carbonyl (C=O) groups excluding carboxylic acids is 1. The van der Waals surface area contributed by atoms with E-state index < -0.39 is 4.92 Å². The molecule has 0 unspecified atom stereocenters. The lowest BCUT2D eigenvalue weighted by molar-refractivity contribution is -0.384. The number of nitrogens with zero attached hydrogens (tertiary/aromatic N) is 2. The number of fused-ring (bicyclic) bond motifs is 1. The summed E-state index contributed by atoms with van der Waals surface area (Å²) in [5, 5.41) is 13.2. The van der Waals surface area contributed by atoms with Crippen molar-refractivity contribution in [3.63, 3.8) is 0 Å². The van der Waals surface area contributed by atoms with Gasteiger partial charge in [-0.15, -0.1) is 0 Å². The molecule has 7 nitrogen and oxygen atoms in total. The highest BCUT2D eigenvalue weighted by atomic mass is 19.1. The summed E-state index contributed by atoms with van der Waals surface area (Å²) in [6.07, 6.45) is 2.87. The summed E-state index contributed by atoms with van der Waals surface area (Å²) < 4.78 is 13.1. The Labute approximate surface area is 141 Å². The van der Waals surface area contributed by atoms with Crippen molar-refractivity contribution in [2.24, 2.45) is 0 Å². The first-order valence-corrected chi connectivity index (χ1v) is 7.36. The Hall–Kier alpha value is -3.55. The molecule has 0 radical (unpaired) electrons. The van der Waals surface area contributed by atoms with Gasteiger partial charge >= 0.3 is 0 Å². The number of benzene rings is 2. The number of H-pyrrole nitrogens is 1. The zero-order valence-electron chi connectivity index (χ0n) is 12.9. The number of hydrogen-bond donors (Lipinski definition) is 2. The van der Waals surface area contributed by atoms with Crippen LogP contribution in [0, 0.1) is 15.9 Å². The highest BCUT2D eigenvalue weighted by molar-refractivity contribution is 5.91. The molecule has 0 atom stereocenters. The molecule has 1 amide bonds. The smallest absolute Gasteiger partial charge is 0.269 e. The molecular weight excluding hydrogens is 327 g/mol. The third-order valence-corrected chi connectivity index (χ3v) is 3.45. The largest absolute Gasteiger partial charge is 0.345 e. The quantitative estimate of drug-likeness (QED) is 0.423. The van der Waals surface area contributed by atoms with Gasteiger partial charge in [0.15, 0.2) is 0 Å². The van der Waals surface area contributed by atoms with Gasteiger partial charge in [-0.1, -0.05) is 0 Å². The van der Waals surface area contributed by atoms with Crippen molar-refractivity contribution in [3.05, 3.63) is 75.9 Å². The highest BCUT2D eigenvalue weighted by Crippen LogP contribution is 2.14. The van der Waals surface area contributed by atoms with Gasteiger partial charge in [-0.25, -0.2) is 9.37 Å². The number of nitrogens with one attached hydrogen (secondary N) is 2. The lowest BCUT2D eigenvalue weighted by Crippen LogP contribution is -2.20. The van der Waals surface area contributed by atoms with Crippen LogP contribution in [-0.2, 0) is 11.3 Å². The van der Waals surface area contributed by atoms with E-state index in [-0.39, 0.29) is 24.0 Å². The van der Waals surface area contributed by atoms with E-state index in [1.54, 1.807) is 24.3 Å². The first-order chi connectivity index (χ1) is 12.0. The summed E-state index contributed by atoms with van der Waals surface area (Å²) in [6.45, 7) is 0.166. The van der Waals surface area contributed by atoms with Gasteiger partial charge < -0.3 is 10.3 Å². The molecule has 1 heterocycles. The van der Waals surface area contributed by atoms with Gasteiger partial charge in [0, 0.05) is 18.2 Å². The van der Waals surface area contributed by atoms with E-state index in [4.69, 9.17) is 0 Å². The first-order valence-electron chi connectivity index (χ1n) is 7.36. The highest BCUT2D eigenvalue weighted by Gasteiger charge is 2.05. The van der Waals surface area contributed by atoms with E-state index >= 15 is 0 Å². The summed E-state index contributed by atoms with van der Waals surface area (Å²) in [5.74, 6) is -0.194. The molecule has 1 aromatic heterocycles. The average molecular weight is 340 g/mol. The van der Waals surface area contributed by atoms with Crippen LogP contribution in [0.4, 0.5) is 10.1 Å². The van der Waals surface area contributed by atoms with Gasteiger partial charge in [0.05, 0.1) is 22.5 Å². The molecule has 3 rings (SSSR count). The number of halogens is 1. The topological polar surface area (TPSA) is 101 Å². The predicted octanol–water partition coefficient (Wildman–Crippen LogP) is 2.94. The van der Waals surface area contributed by atoms with Gasteiger partial charge in [-0.05, 0) is 42.0 Å². The summed E-state index contributed by atoms with van der Waals surface area (Å²) in [5.41, 5.74) is 1.83. The molecule has 0 saturated heterocycles. The minimum absolute atomic E-state index is 0.0112. The Morgan fingerprint density at radius 1 is 1.28 bits per heavy atom. The number of aromatic amines is 1. The maximum atomic E-state index is 13.1. The van der Waals surface area contributed by atoms with Crippen molar-refractivity contribution in [3.8, 4) is 0 Å². The van der Waals surface area contributed by atoms with Crippen LogP contribution in [0.1, 0.15) is 11.4 Å². The Bertz CT molecular complexity index is 964. The molecule has 25 heavy (non-hydrogen) atoms. The maximum Gasteiger partial charge on any atom is 0.269 e. The van der Waals surface area contributed by atoms with Crippen molar-refractivity contribution in [2.45, 2.75) is 6.54 Å². The van der Waals surface area contributed by atoms with Crippen LogP contribution in [0.3, 0.4) is 0 Å². The van der Waals surface area contributed by atoms with Crippen molar-refractivity contribution in [2.75, 3.05) is 0 Å². The van der Waals surface area contributed by atoms with E-state index in [0.29, 0.717) is 22.4 Å². The Balaban J connectivity index is 1.58. The van der Waals surface area contributed by atoms with E-state index in [2.05, 4.69) is 15.3 Å². The van der Waals surface area contributed by atoms with Crippen LogP contribution in [0.15, 0.2) is 48.5 Å². The number of nitro groups is 1. The van der Waals surface area contributed by atoms with Crippen molar-refractivity contribution in [1.29, 1.82) is 0 Å². The van der Waals surface area contributed by atoms with Gasteiger partial charge in [-0.2, -0.15) is 0 Å². The zero-order valence-corrected chi connectivity index (χ0v) is 12.9. The van der Waals surface area contributed by atoms with Crippen LogP contribution in [0.5, 0.6) is 0 Å². The van der Waals surface area contributed by atoms with Crippen molar-refractivity contribution >= 4 is 28.7 Å². The van der Waals surface area contributed by atoms with E-state index in [1.165, 1.54) is 30.3 Å². The fourth-order valence-corrected chi connectivity index (χ4v) is 2.23. The van der Waals surface area contributed by atoms with Crippen LogP contribution in [0.25, 0.3) is 17.1 Å². The fourth-order valence-electron chi connectivity index (χ4n) is 2.23. The predicted molar refractivity (Wildman–Crippen MR) is 90.0 cm³/mol. The van der Waals surface area contributed by atoms with E-state index in [1.807, 2.05) is 0 Å². The minimum Gasteiger partial charge on any atom is -0.345 e. The van der Waals surface area contributed by atoms with Crippen LogP contribution in [0.2, 0.25) is 0 Å². The molecular formula is C17H13FN4O3. The molecule has 0 aliphatic carbocycles. The monoisotopic (exact) mass is 340 g/mol.